The molecule has 2 heterocycles. The van der Waals surface area contributed by atoms with Crippen LogP contribution in [-0.2, 0) is 6.54 Å². The van der Waals surface area contributed by atoms with E-state index >= 15 is 0 Å². The molecule has 0 aliphatic carbocycles. The largest absolute Gasteiger partial charge is 0.456 e. The first kappa shape index (κ1) is 42.2. The van der Waals surface area contributed by atoms with E-state index in [4.69, 9.17) is 14.4 Å². The molecule has 5 nitrogen and oxygen atoms in total. The van der Waals surface area contributed by atoms with Crippen LogP contribution in [0.25, 0.3) is 71.3 Å². The highest BCUT2D eigenvalue weighted by molar-refractivity contribution is 6.73. The Morgan fingerprint density at radius 2 is 1.05 bits per heavy atom. The highest BCUT2D eigenvalue weighted by Gasteiger charge is 2.26. The summed E-state index contributed by atoms with van der Waals surface area (Å²) in [7, 11) is 23.1. The molecule has 15 heteroatoms. The number of hydrogen-bond acceptors (Lipinski definition) is 2. The highest BCUT2D eigenvalue weighted by atomic mass is 16.3. The molecule has 10 aromatic rings. The van der Waals surface area contributed by atoms with Crippen LogP contribution in [0.5, 0.6) is 0 Å². The van der Waals surface area contributed by atoms with Crippen LogP contribution in [0.1, 0.15) is 16.7 Å². The number of aromatic nitrogens is 1. The molecule has 0 N–H and O–H groups in total. The first-order valence-electron chi connectivity index (χ1n) is 22.6. The molecule has 0 aliphatic rings. The first-order valence-corrected chi connectivity index (χ1v) is 22.6. The van der Waals surface area contributed by atoms with Crippen molar-refractivity contribution in [2.45, 2.75) is 6.54 Å². The van der Waals surface area contributed by atoms with E-state index in [1.807, 2.05) is 60.7 Å². The quantitative estimate of drug-likeness (QED) is 0.0946. The summed E-state index contributed by atoms with van der Waals surface area (Å²) in [6.45, 7) is 4.50. The fraction of sp³-hybridized carbons (Fsp3) is 0.0200. The average molecular weight is 825 g/mol. The Hall–Kier alpha value is -6.72. The monoisotopic (exact) mass is 826 g/mol. The second-order valence-corrected chi connectivity index (χ2v) is 17.9. The van der Waals surface area contributed by atoms with Crippen molar-refractivity contribution in [3.8, 4) is 16.8 Å². The lowest BCUT2D eigenvalue weighted by Crippen LogP contribution is -2.50. The van der Waals surface area contributed by atoms with Gasteiger partial charge >= 0.3 is 0 Å². The van der Waals surface area contributed by atoms with E-state index in [2.05, 4.69) is 155 Å². The van der Waals surface area contributed by atoms with Crippen LogP contribution in [-0.4, -0.2) is 101 Å². The van der Waals surface area contributed by atoms with Gasteiger partial charge in [0.25, 0.3) is 0 Å². The number of furan rings is 1. The number of nitrogens with zero attached hydrogens (tertiary/aromatic N) is 4. The van der Waals surface area contributed by atoms with E-state index in [0.29, 0.717) is 18.2 Å². The second-order valence-electron chi connectivity index (χ2n) is 17.9. The maximum absolute atomic E-state index is 6.55. The second kappa shape index (κ2) is 16.4. The van der Waals surface area contributed by atoms with Gasteiger partial charge < -0.3 is 8.98 Å². The van der Waals surface area contributed by atoms with Crippen molar-refractivity contribution >= 4 is 206 Å². The van der Waals surface area contributed by atoms with Gasteiger partial charge in [-0.25, -0.2) is 9.98 Å². The topological polar surface area (TPSA) is 55.1 Å². The van der Waals surface area contributed by atoms with Crippen LogP contribution < -0.4 is 54.6 Å². The third kappa shape index (κ3) is 6.73. The van der Waals surface area contributed by atoms with E-state index in [1.165, 1.54) is 87.2 Å². The van der Waals surface area contributed by atoms with Crippen molar-refractivity contribution in [2.75, 3.05) is 0 Å². The van der Waals surface area contributed by atoms with E-state index < -0.39 is 0 Å². The van der Waals surface area contributed by atoms with Crippen LogP contribution >= 0.6 is 0 Å². The predicted molar refractivity (Wildman–Crippen MR) is 312 cm³/mol. The van der Waals surface area contributed by atoms with Gasteiger partial charge in [0.2, 0.25) is 0 Å². The van der Waals surface area contributed by atoms with E-state index in [-0.39, 0.29) is 0 Å². The molecule has 0 saturated heterocycles. The number of hydrogen-bond donors (Lipinski definition) is 0. The normalized spacial score (nSPS) is 12.3. The maximum atomic E-state index is 6.55. The molecule has 65 heavy (non-hydrogen) atoms. The standard InChI is InChI=1S/C50H44B10N4O/c1-61-50(63-49(24-12-6-3-7-13-24)62-22-23-10-4-2-5-11-23)28-16-9-17-31-32(28)29-21-26(18-19-30(29)65-31)25-14-8-15-27(20-25)64-47-34-33(38(52)42(56)43(57)40(34)54)37(51)39(53)35(47)36-41(55)44(58)45(59)46(60)48(36)64/h2-21H,1,22,51-60H2/b62-49-,63-50-. The van der Waals surface area contributed by atoms with Gasteiger partial charge in [-0.15, -0.1) is 16.4 Å². The van der Waals surface area contributed by atoms with Gasteiger partial charge in [-0.1, -0.05) is 129 Å². The van der Waals surface area contributed by atoms with Crippen molar-refractivity contribution in [2.24, 2.45) is 15.0 Å². The predicted octanol–water partition coefficient (Wildman–Crippen LogP) is -4.82. The molecule has 0 saturated carbocycles. The van der Waals surface area contributed by atoms with E-state index in [9.17, 15) is 0 Å². The Kier molecular flexibility index (Phi) is 10.6. The molecular weight excluding hydrogens is 781 g/mol. The lowest BCUT2D eigenvalue weighted by Gasteiger charge is -2.22. The van der Waals surface area contributed by atoms with E-state index in [0.717, 1.165) is 55.4 Å². The van der Waals surface area contributed by atoms with Crippen LogP contribution in [0.2, 0.25) is 0 Å². The molecular formula is C50H44B10N4O. The summed E-state index contributed by atoms with van der Waals surface area (Å²) in [6.07, 6.45) is 0. The summed E-state index contributed by atoms with van der Waals surface area (Å²) < 4.78 is 9.14. The van der Waals surface area contributed by atoms with Gasteiger partial charge in [0.05, 0.1) is 12.1 Å². The Bertz CT molecular complexity index is 3710. The molecule has 0 unspecified atom stereocenters. The molecule has 2 aromatic heterocycles. The molecule has 8 aromatic carbocycles. The third-order valence-corrected chi connectivity index (χ3v) is 14.6. The molecule has 0 atom stereocenters. The molecule has 0 aliphatic heterocycles. The molecule has 300 valence electrons. The summed E-state index contributed by atoms with van der Waals surface area (Å²) in [5, 5.41) is 7.38. The van der Waals surface area contributed by atoms with Crippen molar-refractivity contribution in [1.82, 2.24) is 4.57 Å². The lowest BCUT2D eigenvalue weighted by molar-refractivity contribution is 0.669. The van der Waals surface area contributed by atoms with Crippen LogP contribution in [0.3, 0.4) is 0 Å². The Labute approximate surface area is 389 Å². The fourth-order valence-corrected chi connectivity index (χ4v) is 10.4. The third-order valence-electron chi connectivity index (χ3n) is 14.6. The molecule has 0 bridgehead atoms. The van der Waals surface area contributed by atoms with Gasteiger partial charge in [0, 0.05) is 38.5 Å². The lowest BCUT2D eigenvalue weighted by atomic mass is 9.61. The molecule has 10 rings (SSSR count). The van der Waals surface area contributed by atoms with Gasteiger partial charge in [0.1, 0.15) is 89.6 Å². The van der Waals surface area contributed by atoms with Gasteiger partial charge in [-0.2, -0.15) is 0 Å². The summed E-state index contributed by atoms with van der Waals surface area (Å²) in [6, 6.07) is 41.9. The van der Waals surface area contributed by atoms with Crippen LogP contribution in [0.15, 0.2) is 141 Å². The minimum absolute atomic E-state index is 0.484. The molecule has 0 spiro atoms. The maximum Gasteiger partial charge on any atom is 0.161 e. The summed E-state index contributed by atoms with van der Waals surface area (Å²) in [5.74, 6) is 1.08. The number of amidine groups is 2. The number of benzene rings is 8. The van der Waals surface area contributed by atoms with Gasteiger partial charge in [0.15, 0.2) is 11.7 Å². The zero-order valence-electron chi connectivity index (χ0n) is 39.2. The summed E-state index contributed by atoms with van der Waals surface area (Å²) >= 11 is 0. The summed E-state index contributed by atoms with van der Waals surface area (Å²) in [5.41, 5.74) is 23.9. The minimum Gasteiger partial charge on any atom is -0.456 e. The number of aliphatic imine (C=N–C) groups is 3. The van der Waals surface area contributed by atoms with Crippen molar-refractivity contribution < 1.29 is 4.42 Å². The smallest absolute Gasteiger partial charge is 0.161 e. The minimum atomic E-state index is 0.484. The molecule has 0 fully saturated rings. The highest BCUT2D eigenvalue weighted by Crippen LogP contribution is 2.37. The van der Waals surface area contributed by atoms with Gasteiger partial charge in [-0.3, -0.25) is 4.99 Å². The number of rotatable bonds is 6. The van der Waals surface area contributed by atoms with Crippen LogP contribution in [0, 0.1) is 0 Å². The Balaban J connectivity index is 1.19. The zero-order valence-corrected chi connectivity index (χ0v) is 39.2. The van der Waals surface area contributed by atoms with Crippen molar-refractivity contribution in [3.63, 3.8) is 0 Å². The van der Waals surface area contributed by atoms with Crippen LogP contribution in [0.4, 0.5) is 0 Å². The van der Waals surface area contributed by atoms with Crippen molar-refractivity contribution in [3.05, 3.63) is 138 Å². The average Bonchev–Trinajstić information content (AvgIpc) is 3.90. The Morgan fingerprint density at radius 3 is 1.74 bits per heavy atom. The van der Waals surface area contributed by atoms with Gasteiger partial charge in [-0.05, 0) is 69.9 Å². The molecule has 0 radical (unpaired) electrons. The number of fused-ring (bicyclic) bond motifs is 8. The van der Waals surface area contributed by atoms with E-state index in [1.54, 1.807) is 0 Å². The van der Waals surface area contributed by atoms with Crippen molar-refractivity contribution in [1.29, 1.82) is 0 Å². The SMILES string of the molecule is Bc1c(B)c(B)c2c(c1B)c(B)c(B)c1c3c(B)c(B)c(B)c(B)c3n(-c3cccc(-c4ccc5oc6cccc(/C(N=C)=N/C(=N\Cc7ccccc7)c7ccccc7)c6c5c4)c3)c21. The molecule has 0 amide bonds. The fourth-order valence-electron chi connectivity index (χ4n) is 10.4. The summed E-state index contributed by atoms with van der Waals surface area (Å²) in [4.78, 5) is 14.7. The zero-order chi connectivity index (χ0) is 45.4. The first-order chi connectivity index (χ1) is 31.4. The Morgan fingerprint density at radius 1 is 0.477 bits per heavy atom.